The molecule has 1 fully saturated rings. The van der Waals surface area contributed by atoms with Gasteiger partial charge >= 0.3 is 0 Å². The van der Waals surface area contributed by atoms with E-state index in [0.717, 1.165) is 12.8 Å². The largest absolute Gasteiger partial charge is 0.508 e. The molecule has 0 saturated heterocycles. The fourth-order valence-corrected chi connectivity index (χ4v) is 3.36. The molecule has 0 unspecified atom stereocenters. The maximum atomic E-state index is 11.9. The number of sulfonamides is 1. The van der Waals surface area contributed by atoms with E-state index in [0.29, 0.717) is 6.61 Å². The topological polar surface area (TPSA) is 75.6 Å². The Morgan fingerprint density at radius 1 is 1.15 bits per heavy atom. The zero-order chi connectivity index (χ0) is 14.4. The second kappa shape index (κ2) is 7.06. The monoisotopic (exact) mass is 299 g/mol. The third kappa shape index (κ3) is 4.47. The third-order valence-electron chi connectivity index (χ3n) is 3.45. The number of phenolic OH excluding ortho intramolecular Hbond substituents is 1. The Bertz CT molecular complexity index is 506. The normalized spacial score (nSPS) is 17.2. The van der Waals surface area contributed by atoms with Crippen LogP contribution in [0.25, 0.3) is 0 Å². The summed E-state index contributed by atoms with van der Waals surface area (Å²) in [7, 11) is -3.52. The molecule has 20 heavy (non-hydrogen) atoms. The van der Waals surface area contributed by atoms with Crippen molar-refractivity contribution in [3.05, 3.63) is 24.3 Å². The smallest absolute Gasteiger partial charge is 0.240 e. The lowest BCUT2D eigenvalue weighted by molar-refractivity contribution is 0.0321. The predicted molar refractivity (Wildman–Crippen MR) is 76.1 cm³/mol. The number of hydrogen-bond acceptors (Lipinski definition) is 4. The van der Waals surface area contributed by atoms with Gasteiger partial charge < -0.3 is 9.84 Å². The van der Waals surface area contributed by atoms with Gasteiger partial charge in [0.15, 0.2) is 0 Å². The molecule has 0 atom stereocenters. The van der Waals surface area contributed by atoms with E-state index in [1.54, 1.807) is 0 Å². The highest BCUT2D eigenvalue weighted by molar-refractivity contribution is 7.89. The zero-order valence-corrected chi connectivity index (χ0v) is 12.2. The molecule has 2 rings (SSSR count). The van der Waals surface area contributed by atoms with Crippen LogP contribution in [0.1, 0.15) is 32.1 Å². The van der Waals surface area contributed by atoms with Crippen molar-refractivity contribution in [1.29, 1.82) is 0 Å². The summed E-state index contributed by atoms with van der Waals surface area (Å²) in [6, 6.07) is 5.46. The highest BCUT2D eigenvalue weighted by Crippen LogP contribution is 2.20. The summed E-state index contributed by atoms with van der Waals surface area (Å²) in [6.07, 6.45) is 6.10. The number of hydrogen-bond donors (Lipinski definition) is 2. The molecule has 2 N–H and O–H groups in total. The van der Waals surface area contributed by atoms with Gasteiger partial charge in [-0.25, -0.2) is 13.1 Å². The molecule has 1 aliphatic carbocycles. The fraction of sp³-hybridized carbons (Fsp3) is 0.571. The first-order valence-corrected chi connectivity index (χ1v) is 8.46. The molecule has 0 aliphatic heterocycles. The van der Waals surface area contributed by atoms with Gasteiger partial charge in [0.2, 0.25) is 10.0 Å². The molecule has 0 radical (unpaired) electrons. The predicted octanol–water partition coefficient (Wildman–Crippen LogP) is 2.02. The van der Waals surface area contributed by atoms with Crippen molar-refractivity contribution in [3.63, 3.8) is 0 Å². The van der Waals surface area contributed by atoms with E-state index in [1.165, 1.54) is 43.5 Å². The second-order valence-corrected chi connectivity index (χ2v) is 6.79. The zero-order valence-electron chi connectivity index (χ0n) is 11.4. The van der Waals surface area contributed by atoms with Crippen molar-refractivity contribution in [2.45, 2.75) is 43.1 Å². The number of rotatable bonds is 6. The van der Waals surface area contributed by atoms with E-state index in [1.807, 2.05) is 0 Å². The minimum Gasteiger partial charge on any atom is -0.508 e. The van der Waals surface area contributed by atoms with Crippen LogP contribution in [0.3, 0.4) is 0 Å². The van der Waals surface area contributed by atoms with Crippen LogP contribution in [0, 0.1) is 0 Å². The number of phenols is 1. The first kappa shape index (κ1) is 15.3. The Kier molecular flexibility index (Phi) is 5.39. The first-order valence-electron chi connectivity index (χ1n) is 6.98. The van der Waals surface area contributed by atoms with Crippen LogP contribution in [0.4, 0.5) is 0 Å². The van der Waals surface area contributed by atoms with Crippen molar-refractivity contribution in [2.24, 2.45) is 0 Å². The second-order valence-electron chi connectivity index (χ2n) is 5.02. The van der Waals surface area contributed by atoms with E-state index in [2.05, 4.69) is 4.72 Å². The van der Waals surface area contributed by atoms with Crippen LogP contribution in [0.2, 0.25) is 0 Å². The summed E-state index contributed by atoms with van der Waals surface area (Å²) in [4.78, 5) is 0.146. The summed E-state index contributed by atoms with van der Waals surface area (Å²) in [5.74, 6) is 0.0459. The molecule has 0 spiro atoms. The lowest BCUT2D eigenvalue weighted by Gasteiger charge is -2.21. The molecule has 6 heteroatoms. The van der Waals surface area contributed by atoms with E-state index in [4.69, 9.17) is 9.84 Å². The number of benzene rings is 1. The summed E-state index contributed by atoms with van der Waals surface area (Å²) < 4.78 is 32.1. The molecule has 1 aromatic rings. The average Bonchev–Trinajstić information content (AvgIpc) is 2.45. The van der Waals surface area contributed by atoms with Crippen molar-refractivity contribution in [3.8, 4) is 5.75 Å². The van der Waals surface area contributed by atoms with Crippen LogP contribution in [-0.4, -0.2) is 32.8 Å². The molecule has 0 amide bonds. The van der Waals surface area contributed by atoms with Crippen molar-refractivity contribution < 1.29 is 18.3 Å². The van der Waals surface area contributed by atoms with Gasteiger partial charge in [0.05, 0.1) is 17.6 Å². The van der Waals surface area contributed by atoms with E-state index >= 15 is 0 Å². The molecule has 1 aliphatic rings. The minimum atomic E-state index is -3.52. The van der Waals surface area contributed by atoms with Crippen LogP contribution < -0.4 is 4.72 Å². The SMILES string of the molecule is O=S(=O)(NCCOC1CCCCC1)c1ccc(O)cc1. The van der Waals surface area contributed by atoms with Gasteiger partial charge in [0, 0.05) is 6.54 Å². The third-order valence-corrected chi connectivity index (χ3v) is 4.92. The Balaban J connectivity index is 1.76. The Labute approximate surface area is 120 Å². The summed E-state index contributed by atoms with van der Waals surface area (Å²) in [6.45, 7) is 0.654. The lowest BCUT2D eigenvalue weighted by atomic mass is 9.98. The van der Waals surface area contributed by atoms with Gasteiger partial charge in [-0.3, -0.25) is 0 Å². The van der Waals surface area contributed by atoms with Crippen molar-refractivity contribution >= 4 is 10.0 Å². The first-order chi connectivity index (χ1) is 9.58. The summed E-state index contributed by atoms with van der Waals surface area (Å²) >= 11 is 0. The maximum Gasteiger partial charge on any atom is 0.240 e. The molecule has 1 saturated carbocycles. The van der Waals surface area contributed by atoms with E-state index in [-0.39, 0.29) is 23.3 Å². The lowest BCUT2D eigenvalue weighted by Crippen LogP contribution is -2.29. The van der Waals surface area contributed by atoms with Crippen LogP contribution in [-0.2, 0) is 14.8 Å². The standard InChI is InChI=1S/C14H21NO4S/c16-12-6-8-14(9-7-12)20(17,18)15-10-11-19-13-4-2-1-3-5-13/h6-9,13,15-16H,1-5,10-11H2. The molecule has 1 aromatic carbocycles. The molecule has 5 nitrogen and oxygen atoms in total. The Morgan fingerprint density at radius 3 is 2.45 bits per heavy atom. The molecular weight excluding hydrogens is 278 g/mol. The van der Waals surface area contributed by atoms with Crippen LogP contribution in [0.5, 0.6) is 5.75 Å². The number of ether oxygens (including phenoxy) is 1. The maximum absolute atomic E-state index is 11.9. The number of nitrogens with one attached hydrogen (secondary N) is 1. The van der Waals surface area contributed by atoms with Crippen LogP contribution >= 0.6 is 0 Å². The Hall–Kier alpha value is -1.11. The molecule has 0 bridgehead atoms. The summed E-state index contributed by atoms with van der Waals surface area (Å²) in [5.41, 5.74) is 0. The van der Waals surface area contributed by atoms with E-state index < -0.39 is 10.0 Å². The van der Waals surface area contributed by atoms with Gasteiger partial charge in [0.25, 0.3) is 0 Å². The van der Waals surface area contributed by atoms with Gasteiger partial charge in [0.1, 0.15) is 5.75 Å². The van der Waals surface area contributed by atoms with Gasteiger partial charge in [-0.15, -0.1) is 0 Å². The summed E-state index contributed by atoms with van der Waals surface area (Å²) in [5, 5.41) is 9.15. The minimum absolute atomic E-state index is 0.0459. The van der Waals surface area contributed by atoms with Gasteiger partial charge in [-0.2, -0.15) is 0 Å². The fourth-order valence-electron chi connectivity index (χ4n) is 2.34. The quantitative estimate of drug-likeness (QED) is 0.788. The van der Waals surface area contributed by atoms with Crippen molar-refractivity contribution in [1.82, 2.24) is 4.72 Å². The number of aromatic hydroxyl groups is 1. The van der Waals surface area contributed by atoms with Gasteiger partial charge in [-0.05, 0) is 37.1 Å². The average molecular weight is 299 g/mol. The molecular formula is C14H21NO4S. The van der Waals surface area contributed by atoms with Gasteiger partial charge in [-0.1, -0.05) is 19.3 Å². The molecule has 0 aromatic heterocycles. The van der Waals surface area contributed by atoms with E-state index in [9.17, 15) is 8.42 Å². The Morgan fingerprint density at radius 2 is 1.80 bits per heavy atom. The van der Waals surface area contributed by atoms with Crippen LogP contribution in [0.15, 0.2) is 29.2 Å². The molecule has 0 heterocycles. The van der Waals surface area contributed by atoms with Crippen molar-refractivity contribution in [2.75, 3.05) is 13.2 Å². The highest BCUT2D eigenvalue weighted by atomic mass is 32.2. The highest BCUT2D eigenvalue weighted by Gasteiger charge is 2.15. The molecule has 112 valence electrons.